The minimum absolute atomic E-state index is 0.526. The van der Waals surface area contributed by atoms with Crippen LogP contribution in [0.4, 0.5) is 0 Å². The minimum Gasteiger partial charge on any atom is -0.534 e. The van der Waals surface area contributed by atoms with Gasteiger partial charge >= 0.3 is 7.12 Å². The molecule has 196 valence electrons. The normalized spacial score (nSPS) is 14.9. The summed E-state index contributed by atoms with van der Waals surface area (Å²) >= 11 is 0. The molecule has 0 N–H and O–H groups in total. The lowest BCUT2D eigenvalue weighted by atomic mass is 9.78. The predicted octanol–water partition coefficient (Wildman–Crippen LogP) is 8.16. The van der Waals surface area contributed by atoms with Gasteiger partial charge in [0, 0.05) is 21.9 Å². The second kappa shape index (κ2) is 8.82. The molecule has 0 amide bonds. The maximum absolute atomic E-state index is 6.30. The van der Waals surface area contributed by atoms with E-state index in [1.165, 1.54) is 16.2 Å². The molecule has 5 heteroatoms. The zero-order valence-electron chi connectivity index (χ0n) is 23.0. The topological polar surface area (TPSA) is 35.8 Å². The maximum atomic E-state index is 6.30. The lowest BCUT2D eigenvalue weighted by molar-refractivity contribution is 0.173. The van der Waals surface area contributed by atoms with Crippen molar-refractivity contribution in [1.29, 1.82) is 0 Å². The molecule has 2 aromatic heterocycles. The van der Waals surface area contributed by atoms with E-state index in [0.29, 0.717) is 5.76 Å². The van der Waals surface area contributed by atoms with E-state index in [1.807, 2.05) is 19.9 Å². The number of imidazole rings is 1. The van der Waals surface area contributed by atoms with Gasteiger partial charge in [0.1, 0.15) is 11.2 Å². The quantitative estimate of drug-likeness (QED) is 0.171. The van der Waals surface area contributed by atoms with Crippen LogP contribution in [0, 0.1) is 0 Å². The highest BCUT2D eigenvalue weighted by Crippen LogP contribution is 2.41. The van der Waals surface area contributed by atoms with Gasteiger partial charge in [-0.2, -0.15) is 0 Å². The number of nitrogens with zero attached hydrogens (tertiary/aromatic N) is 2. The third kappa shape index (κ3) is 3.63. The molecule has 0 bridgehead atoms. The van der Waals surface area contributed by atoms with Crippen molar-refractivity contribution >= 4 is 50.7 Å². The van der Waals surface area contributed by atoms with Gasteiger partial charge in [-0.15, -0.1) is 0 Å². The van der Waals surface area contributed by atoms with Crippen LogP contribution in [0.15, 0.2) is 128 Å². The SMILES string of the molecule is C=C1OB(c2ccc3c4ccc5ccccc5c4c4nc(-c5ccccc5)c(-c5ccccc5)n4c3c2)OC1(C)C. The summed E-state index contributed by atoms with van der Waals surface area (Å²) in [5, 5.41) is 5.83. The fourth-order valence-electron chi connectivity index (χ4n) is 6.09. The molecule has 1 saturated heterocycles. The smallest absolute Gasteiger partial charge is 0.534 e. The number of pyridine rings is 1. The summed E-state index contributed by atoms with van der Waals surface area (Å²) in [6.07, 6.45) is 0. The summed E-state index contributed by atoms with van der Waals surface area (Å²) in [4.78, 5) is 5.44. The van der Waals surface area contributed by atoms with Crippen LogP contribution in [-0.2, 0) is 9.31 Å². The summed E-state index contributed by atoms with van der Waals surface area (Å²) in [6, 6.07) is 40.5. The molecular weight excluding hydrogens is 503 g/mol. The average Bonchev–Trinajstić information content (AvgIpc) is 3.54. The molecule has 3 heterocycles. The van der Waals surface area contributed by atoms with Crippen LogP contribution in [0.3, 0.4) is 0 Å². The zero-order chi connectivity index (χ0) is 27.7. The molecule has 0 aliphatic carbocycles. The average molecular weight is 530 g/mol. The van der Waals surface area contributed by atoms with E-state index < -0.39 is 12.7 Å². The maximum Gasteiger partial charge on any atom is 0.563 e. The molecule has 8 rings (SSSR count). The second-order valence-corrected chi connectivity index (χ2v) is 11.2. The first-order chi connectivity index (χ1) is 20.0. The van der Waals surface area contributed by atoms with Gasteiger partial charge in [-0.05, 0) is 41.5 Å². The molecule has 0 saturated carbocycles. The van der Waals surface area contributed by atoms with Crippen molar-refractivity contribution < 1.29 is 9.31 Å². The van der Waals surface area contributed by atoms with Gasteiger partial charge in [0.25, 0.3) is 0 Å². The Labute approximate surface area is 238 Å². The van der Waals surface area contributed by atoms with Gasteiger partial charge in [-0.3, -0.25) is 4.40 Å². The van der Waals surface area contributed by atoms with Gasteiger partial charge in [-0.25, -0.2) is 4.98 Å². The Kier molecular flexibility index (Phi) is 5.16. The van der Waals surface area contributed by atoms with Crippen molar-refractivity contribution in [3.63, 3.8) is 0 Å². The predicted molar refractivity (Wildman–Crippen MR) is 169 cm³/mol. The van der Waals surface area contributed by atoms with Crippen LogP contribution in [0.2, 0.25) is 0 Å². The fourth-order valence-corrected chi connectivity index (χ4v) is 6.09. The summed E-state index contributed by atoms with van der Waals surface area (Å²) in [5.74, 6) is 0.636. The molecule has 0 atom stereocenters. The molecular formula is C36H27BN2O2. The second-order valence-electron chi connectivity index (χ2n) is 11.2. The van der Waals surface area contributed by atoms with E-state index in [-0.39, 0.29) is 0 Å². The number of hydrogen-bond acceptors (Lipinski definition) is 3. The lowest BCUT2D eigenvalue weighted by Gasteiger charge is -2.16. The van der Waals surface area contributed by atoms with Gasteiger partial charge in [0.2, 0.25) is 0 Å². The summed E-state index contributed by atoms with van der Waals surface area (Å²) in [5.41, 5.74) is 6.56. The van der Waals surface area contributed by atoms with E-state index in [1.54, 1.807) is 0 Å². The van der Waals surface area contributed by atoms with E-state index in [2.05, 4.69) is 120 Å². The van der Waals surface area contributed by atoms with E-state index in [9.17, 15) is 0 Å². The molecule has 7 aromatic rings. The molecule has 0 unspecified atom stereocenters. The largest absolute Gasteiger partial charge is 0.563 e. The third-order valence-electron chi connectivity index (χ3n) is 8.27. The van der Waals surface area contributed by atoms with Crippen LogP contribution < -0.4 is 5.46 Å². The Hall–Kier alpha value is -4.87. The van der Waals surface area contributed by atoms with E-state index in [4.69, 9.17) is 14.3 Å². The molecule has 0 spiro atoms. The highest BCUT2D eigenvalue weighted by atomic mass is 16.7. The summed E-state index contributed by atoms with van der Waals surface area (Å²) in [6.45, 7) is 8.07. The standard InChI is InChI=1S/C36H27BN2O2/c1-23-36(2,3)41-37(40-23)27-19-21-29-30-20-18-24-12-10-11-17-28(24)32(30)35-38-33(25-13-6-4-7-14-25)34(39(35)31(29)22-27)26-15-8-5-9-16-26/h4-22H,1H2,2-3H3. The molecule has 4 nitrogen and oxygen atoms in total. The lowest BCUT2D eigenvalue weighted by Crippen LogP contribution is -2.34. The van der Waals surface area contributed by atoms with Crippen molar-refractivity contribution in [2.45, 2.75) is 19.4 Å². The number of fused-ring (bicyclic) bond motifs is 8. The highest BCUT2D eigenvalue weighted by Gasteiger charge is 2.43. The van der Waals surface area contributed by atoms with Gasteiger partial charge < -0.3 is 9.31 Å². The van der Waals surface area contributed by atoms with Gasteiger partial charge in [0.05, 0.1) is 22.7 Å². The van der Waals surface area contributed by atoms with Crippen LogP contribution >= 0.6 is 0 Å². The first-order valence-electron chi connectivity index (χ1n) is 13.9. The number of rotatable bonds is 3. The van der Waals surface area contributed by atoms with Gasteiger partial charge in [-0.1, -0.05) is 116 Å². The number of hydrogen-bond donors (Lipinski definition) is 0. The Balaban J connectivity index is 1.56. The van der Waals surface area contributed by atoms with Crippen molar-refractivity contribution in [1.82, 2.24) is 9.38 Å². The van der Waals surface area contributed by atoms with Crippen molar-refractivity contribution in [2.24, 2.45) is 0 Å². The Morgan fingerprint density at radius 3 is 2.15 bits per heavy atom. The zero-order valence-corrected chi connectivity index (χ0v) is 23.0. The molecule has 0 radical (unpaired) electrons. The monoisotopic (exact) mass is 530 g/mol. The summed E-state index contributed by atoms with van der Waals surface area (Å²) in [7, 11) is -0.526. The third-order valence-corrected chi connectivity index (χ3v) is 8.27. The van der Waals surface area contributed by atoms with Crippen LogP contribution in [0.1, 0.15) is 13.8 Å². The van der Waals surface area contributed by atoms with E-state index >= 15 is 0 Å². The summed E-state index contributed by atoms with van der Waals surface area (Å²) < 4.78 is 14.7. The van der Waals surface area contributed by atoms with Crippen molar-refractivity contribution in [3.8, 4) is 22.5 Å². The molecule has 5 aromatic carbocycles. The molecule has 1 aliphatic rings. The Bertz CT molecular complexity index is 2150. The molecule has 41 heavy (non-hydrogen) atoms. The highest BCUT2D eigenvalue weighted by molar-refractivity contribution is 6.62. The molecule has 1 fully saturated rings. The Morgan fingerprint density at radius 2 is 1.41 bits per heavy atom. The van der Waals surface area contributed by atoms with Crippen molar-refractivity contribution in [3.05, 3.63) is 128 Å². The first kappa shape index (κ1) is 24.0. The van der Waals surface area contributed by atoms with Crippen molar-refractivity contribution in [2.75, 3.05) is 0 Å². The number of benzene rings is 5. The van der Waals surface area contributed by atoms with Gasteiger partial charge in [0.15, 0.2) is 0 Å². The fraction of sp³-hybridized carbons (Fsp3) is 0.0833. The first-order valence-corrected chi connectivity index (χ1v) is 13.9. The minimum atomic E-state index is -0.554. The Morgan fingerprint density at radius 1 is 0.732 bits per heavy atom. The van der Waals surface area contributed by atoms with Crippen LogP contribution in [-0.4, -0.2) is 22.1 Å². The molecule has 1 aliphatic heterocycles. The van der Waals surface area contributed by atoms with Crippen LogP contribution in [0.25, 0.3) is 60.6 Å². The number of aromatic nitrogens is 2. The van der Waals surface area contributed by atoms with E-state index in [0.717, 1.165) is 49.9 Å². The van der Waals surface area contributed by atoms with Crippen LogP contribution in [0.5, 0.6) is 0 Å².